The number of benzene rings is 1. The lowest BCUT2D eigenvalue weighted by molar-refractivity contribution is 0.514. The highest BCUT2D eigenvalue weighted by molar-refractivity contribution is 9.11. The lowest BCUT2D eigenvalue weighted by Gasteiger charge is -2.00. The summed E-state index contributed by atoms with van der Waals surface area (Å²) in [4.78, 5) is 4.16. The second kappa shape index (κ2) is 5.34. The molecule has 2 nitrogen and oxygen atoms in total. The zero-order chi connectivity index (χ0) is 11.5. The summed E-state index contributed by atoms with van der Waals surface area (Å²) >= 11 is 12.5. The van der Waals surface area contributed by atoms with Gasteiger partial charge >= 0.3 is 0 Å². The summed E-state index contributed by atoms with van der Waals surface area (Å²) < 4.78 is 7.58. The van der Waals surface area contributed by atoms with Gasteiger partial charge < -0.3 is 4.42 Å². The number of oxazole rings is 1. The highest BCUT2D eigenvalue weighted by Gasteiger charge is 2.09. The Bertz CT molecular complexity index is 498. The van der Waals surface area contributed by atoms with E-state index in [0.717, 1.165) is 20.3 Å². The molecule has 16 heavy (non-hydrogen) atoms. The van der Waals surface area contributed by atoms with Crippen LogP contribution in [0.15, 0.2) is 37.8 Å². The third-order valence-corrected chi connectivity index (χ3v) is 3.40. The second-order valence-electron chi connectivity index (χ2n) is 3.18. The molecule has 5 heteroatoms. The van der Waals surface area contributed by atoms with Crippen molar-refractivity contribution in [2.24, 2.45) is 0 Å². The molecular weight excluding hydrogens is 357 g/mol. The third kappa shape index (κ3) is 2.67. The standard InChI is InChI=1S/C11H8Br2ClNO/c12-7-1-2-8(9(13)5-7)10-6-15-11(16-10)3-4-14/h1-2,5-6H,3-4H2. The number of aryl methyl sites for hydroxylation is 1. The van der Waals surface area contributed by atoms with E-state index in [1.54, 1.807) is 6.20 Å². The lowest BCUT2D eigenvalue weighted by Crippen LogP contribution is -1.83. The Labute approximate surface area is 115 Å². The fourth-order valence-electron chi connectivity index (χ4n) is 1.32. The minimum absolute atomic E-state index is 0.515. The molecular formula is C11H8Br2ClNO. The summed E-state index contributed by atoms with van der Waals surface area (Å²) in [6, 6.07) is 5.90. The fraction of sp³-hybridized carbons (Fsp3) is 0.182. The summed E-state index contributed by atoms with van der Waals surface area (Å²) in [5.41, 5.74) is 0.983. The van der Waals surface area contributed by atoms with Gasteiger partial charge in [0.2, 0.25) is 0 Å². The minimum atomic E-state index is 0.515. The van der Waals surface area contributed by atoms with Crippen LogP contribution in [-0.2, 0) is 6.42 Å². The molecule has 0 radical (unpaired) electrons. The van der Waals surface area contributed by atoms with Crippen LogP contribution in [0.5, 0.6) is 0 Å². The zero-order valence-electron chi connectivity index (χ0n) is 8.21. The Hall–Kier alpha value is -0.320. The average molecular weight is 365 g/mol. The zero-order valence-corrected chi connectivity index (χ0v) is 12.1. The Kier molecular flexibility index (Phi) is 4.05. The molecule has 1 aromatic carbocycles. The van der Waals surface area contributed by atoms with E-state index in [4.69, 9.17) is 16.0 Å². The van der Waals surface area contributed by atoms with Crippen molar-refractivity contribution in [1.29, 1.82) is 0 Å². The highest BCUT2D eigenvalue weighted by Crippen LogP contribution is 2.31. The number of alkyl halides is 1. The molecule has 0 N–H and O–H groups in total. The van der Waals surface area contributed by atoms with Crippen molar-refractivity contribution < 1.29 is 4.42 Å². The number of nitrogens with zero attached hydrogens (tertiary/aromatic N) is 1. The van der Waals surface area contributed by atoms with Gasteiger partial charge in [0.1, 0.15) is 0 Å². The van der Waals surface area contributed by atoms with Crippen molar-refractivity contribution in [2.45, 2.75) is 6.42 Å². The van der Waals surface area contributed by atoms with E-state index < -0.39 is 0 Å². The van der Waals surface area contributed by atoms with Gasteiger partial charge in [0.25, 0.3) is 0 Å². The monoisotopic (exact) mass is 363 g/mol. The summed E-state index contributed by atoms with van der Waals surface area (Å²) in [7, 11) is 0. The van der Waals surface area contributed by atoms with Crippen LogP contribution >= 0.6 is 43.5 Å². The van der Waals surface area contributed by atoms with E-state index in [1.165, 1.54) is 0 Å². The molecule has 0 aliphatic rings. The first kappa shape index (κ1) is 12.1. The molecule has 0 fully saturated rings. The molecule has 0 aliphatic carbocycles. The molecule has 2 aromatic rings. The quantitative estimate of drug-likeness (QED) is 0.740. The van der Waals surface area contributed by atoms with Crippen LogP contribution in [0.2, 0.25) is 0 Å². The van der Waals surface area contributed by atoms with Crippen LogP contribution in [0.25, 0.3) is 11.3 Å². The summed E-state index contributed by atoms with van der Waals surface area (Å²) in [6.45, 7) is 0. The molecule has 0 amide bonds. The van der Waals surface area contributed by atoms with Crippen LogP contribution in [0.1, 0.15) is 5.89 Å². The van der Waals surface area contributed by atoms with Gasteiger partial charge in [-0.2, -0.15) is 0 Å². The average Bonchev–Trinajstić information content (AvgIpc) is 2.67. The van der Waals surface area contributed by atoms with Gasteiger partial charge in [-0.25, -0.2) is 4.98 Å². The Balaban J connectivity index is 2.35. The number of hydrogen-bond acceptors (Lipinski definition) is 2. The Morgan fingerprint density at radius 1 is 1.31 bits per heavy atom. The van der Waals surface area contributed by atoms with E-state index >= 15 is 0 Å². The van der Waals surface area contributed by atoms with Gasteiger partial charge in [-0.15, -0.1) is 11.6 Å². The normalized spacial score (nSPS) is 10.7. The van der Waals surface area contributed by atoms with Gasteiger partial charge in [0, 0.05) is 26.8 Å². The van der Waals surface area contributed by atoms with Crippen LogP contribution < -0.4 is 0 Å². The number of aromatic nitrogens is 1. The second-order valence-corrected chi connectivity index (χ2v) is 5.33. The molecule has 0 spiro atoms. The maximum absolute atomic E-state index is 5.63. The molecule has 84 valence electrons. The first-order valence-electron chi connectivity index (χ1n) is 4.67. The smallest absolute Gasteiger partial charge is 0.196 e. The van der Waals surface area contributed by atoms with Gasteiger partial charge in [0.05, 0.1) is 6.20 Å². The van der Waals surface area contributed by atoms with Crippen LogP contribution in [0, 0.1) is 0 Å². The van der Waals surface area contributed by atoms with Gasteiger partial charge in [-0.3, -0.25) is 0 Å². The summed E-state index contributed by atoms with van der Waals surface area (Å²) in [5, 5.41) is 0. The molecule has 0 saturated heterocycles. The van der Waals surface area contributed by atoms with Gasteiger partial charge in [0.15, 0.2) is 11.7 Å². The number of rotatable bonds is 3. The molecule has 0 bridgehead atoms. The van der Waals surface area contributed by atoms with E-state index in [2.05, 4.69) is 36.8 Å². The molecule has 0 aliphatic heterocycles. The van der Waals surface area contributed by atoms with E-state index in [0.29, 0.717) is 18.2 Å². The van der Waals surface area contributed by atoms with E-state index in [-0.39, 0.29) is 0 Å². The van der Waals surface area contributed by atoms with Gasteiger partial charge in [-0.05, 0) is 34.1 Å². The third-order valence-electron chi connectivity index (χ3n) is 2.06. The van der Waals surface area contributed by atoms with Crippen molar-refractivity contribution in [2.75, 3.05) is 5.88 Å². The molecule has 0 unspecified atom stereocenters. The highest BCUT2D eigenvalue weighted by atomic mass is 79.9. The largest absolute Gasteiger partial charge is 0.441 e. The van der Waals surface area contributed by atoms with Crippen molar-refractivity contribution in [3.05, 3.63) is 39.2 Å². The maximum Gasteiger partial charge on any atom is 0.196 e. The first-order valence-corrected chi connectivity index (χ1v) is 6.79. The molecule has 0 saturated carbocycles. The predicted molar refractivity (Wildman–Crippen MR) is 71.8 cm³/mol. The fourth-order valence-corrected chi connectivity index (χ4v) is 2.72. The summed E-state index contributed by atoms with van der Waals surface area (Å²) in [5.74, 6) is 1.93. The minimum Gasteiger partial charge on any atom is -0.441 e. The molecule has 1 heterocycles. The number of halogens is 3. The molecule has 1 aromatic heterocycles. The Morgan fingerprint density at radius 3 is 2.81 bits per heavy atom. The molecule has 2 rings (SSSR count). The van der Waals surface area contributed by atoms with E-state index in [1.807, 2.05) is 18.2 Å². The molecule has 0 atom stereocenters. The van der Waals surface area contributed by atoms with E-state index in [9.17, 15) is 0 Å². The summed E-state index contributed by atoms with van der Waals surface area (Å²) in [6.07, 6.45) is 2.37. The predicted octanol–water partition coefficient (Wildman–Crippen LogP) is 4.65. The SMILES string of the molecule is ClCCc1ncc(-c2ccc(Br)cc2Br)o1. The van der Waals surface area contributed by atoms with Crippen molar-refractivity contribution in [1.82, 2.24) is 4.98 Å². The van der Waals surface area contributed by atoms with Crippen LogP contribution in [0.3, 0.4) is 0 Å². The van der Waals surface area contributed by atoms with Crippen molar-refractivity contribution in [3.63, 3.8) is 0 Å². The van der Waals surface area contributed by atoms with Crippen molar-refractivity contribution in [3.8, 4) is 11.3 Å². The Morgan fingerprint density at radius 2 is 2.12 bits per heavy atom. The maximum atomic E-state index is 5.63. The number of hydrogen-bond donors (Lipinski definition) is 0. The van der Waals surface area contributed by atoms with Gasteiger partial charge in [-0.1, -0.05) is 15.9 Å². The first-order chi connectivity index (χ1) is 7.70. The van der Waals surface area contributed by atoms with Crippen LogP contribution in [-0.4, -0.2) is 10.9 Å². The lowest BCUT2D eigenvalue weighted by atomic mass is 10.2. The topological polar surface area (TPSA) is 26.0 Å². The van der Waals surface area contributed by atoms with Crippen molar-refractivity contribution >= 4 is 43.5 Å². The van der Waals surface area contributed by atoms with Crippen LogP contribution in [0.4, 0.5) is 0 Å².